The smallest absolute Gasteiger partial charge is 0.325 e. The van der Waals surface area contributed by atoms with E-state index in [1.165, 1.54) is 11.8 Å². The number of carboxylic acid groups (broad SMARTS) is 1. The largest absolute Gasteiger partial charge is 0.480 e. The molecule has 110 valence electrons. The van der Waals surface area contributed by atoms with Gasteiger partial charge in [-0.25, -0.2) is 8.42 Å². The van der Waals surface area contributed by atoms with Crippen LogP contribution in [-0.2, 0) is 21.2 Å². The first-order chi connectivity index (χ1) is 9.44. The van der Waals surface area contributed by atoms with Crippen molar-refractivity contribution in [2.75, 3.05) is 17.3 Å². The fraction of sp³-hybridized carbons (Fsp3) is 0.462. The average molecular weight is 315 g/mol. The van der Waals surface area contributed by atoms with Crippen LogP contribution in [0.25, 0.3) is 0 Å². The standard InChI is InChI=1S/C13H17NO4S2/c15-12(16)13(7-8-19-10-13)14-20(17,18)9-6-11-4-2-1-3-5-11/h1-5,14H,6-10H2,(H,15,16). The van der Waals surface area contributed by atoms with Crippen molar-refractivity contribution in [3.8, 4) is 0 Å². The fourth-order valence-corrected chi connectivity index (χ4v) is 4.98. The number of thioether (sulfide) groups is 1. The molecule has 1 aromatic rings. The summed E-state index contributed by atoms with van der Waals surface area (Å²) in [6.45, 7) is 0. The lowest BCUT2D eigenvalue weighted by Crippen LogP contribution is -2.55. The monoisotopic (exact) mass is 315 g/mol. The van der Waals surface area contributed by atoms with Gasteiger partial charge in [-0.05, 0) is 24.2 Å². The summed E-state index contributed by atoms with van der Waals surface area (Å²) in [5, 5.41) is 9.27. The zero-order valence-corrected chi connectivity index (χ0v) is 12.5. The zero-order chi connectivity index (χ0) is 14.6. The van der Waals surface area contributed by atoms with Crippen molar-refractivity contribution in [3.05, 3.63) is 35.9 Å². The lowest BCUT2D eigenvalue weighted by atomic mass is 10.0. The number of nitrogens with one attached hydrogen (secondary N) is 1. The van der Waals surface area contributed by atoms with E-state index in [9.17, 15) is 18.3 Å². The molecule has 1 aromatic carbocycles. The van der Waals surface area contributed by atoms with Crippen LogP contribution < -0.4 is 4.72 Å². The van der Waals surface area contributed by atoms with Gasteiger partial charge in [0.1, 0.15) is 5.54 Å². The van der Waals surface area contributed by atoms with Gasteiger partial charge in [-0.2, -0.15) is 16.5 Å². The van der Waals surface area contributed by atoms with E-state index in [4.69, 9.17) is 0 Å². The molecule has 0 saturated carbocycles. The maximum absolute atomic E-state index is 12.1. The summed E-state index contributed by atoms with van der Waals surface area (Å²) in [6.07, 6.45) is 0.705. The van der Waals surface area contributed by atoms with E-state index in [2.05, 4.69) is 4.72 Å². The van der Waals surface area contributed by atoms with Crippen LogP contribution in [0.3, 0.4) is 0 Å². The normalized spacial score (nSPS) is 22.8. The molecule has 0 spiro atoms. The third-order valence-electron chi connectivity index (χ3n) is 3.28. The second-order valence-corrected chi connectivity index (χ2v) is 7.79. The highest BCUT2D eigenvalue weighted by atomic mass is 32.2. The molecule has 1 fully saturated rings. The predicted molar refractivity (Wildman–Crippen MR) is 79.4 cm³/mol. The van der Waals surface area contributed by atoms with Crippen molar-refractivity contribution in [2.24, 2.45) is 0 Å². The molecule has 1 saturated heterocycles. The molecule has 0 amide bonds. The number of aryl methyl sites for hydroxylation is 1. The van der Waals surface area contributed by atoms with Crippen molar-refractivity contribution in [2.45, 2.75) is 18.4 Å². The summed E-state index contributed by atoms with van der Waals surface area (Å²) in [5.41, 5.74) is -0.414. The van der Waals surface area contributed by atoms with Gasteiger partial charge in [-0.3, -0.25) is 4.79 Å². The minimum Gasteiger partial charge on any atom is -0.480 e. The Morgan fingerprint density at radius 2 is 2.05 bits per heavy atom. The lowest BCUT2D eigenvalue weighted by Gasteiger charge is -2.24. The molecule has 0 bridgehead atoms. The van der Waals surface area contributed by atoms with Crippen LogP contribution in [0.2, 0.25) is 0 Å². The molecule has 0 radical (unpaired) electrons. The van der Waals surface area contributed by atoms with E-state index >= 15 is 0 Å². The number of benzene rings is 1. The van der Waals surface area contributed by atoms with Gasteiger partial charge < -0.3 is 5.11 Å². The first-order valence-electron chi connectivity index (χ1n) is 6.30. The molecule has 20 heavy (non-hydrogen) atoms. The number of hydrogen-bond acceptors (Lipinski definition) is 4. The van der Waals surface area contributed by atoms with Crippen LogP contribution in [-0.4, -0.2) is 42.3 Å². The molecule has 1 aliphatic rings. The van der Waals surface area contributed by atoms with Crippen LogP contribution in [0.5, 0.6) is 0 Å². The van der Waals surface area contributed by atoms with Gasteiger partial charge in [0, 0.05) is 5.75 Å². The summed E-state index contributed by atoms with van der Waals surface area (Å²) in [5.74, 6) is -0.248. The van der Waals surface area contributed by atoms with Crippen LogP contribution in [0, 0.1) is 0 Å². The topological polar surface area (TPSA) is 83.5 Å². The second-order valence-electron chi connectivity index (χ2n) is 4.85. The molecule has 0 aliphatic carbocycles. The molecule has 7 heteroatoms. The molecule has 0 aromatic heterocycles. The Labute approximate surface area is 122 Å². The van der Waals surface area contributed by atoms with Gasteiger partial charge in [0.05, 0.1) is 5.75 Å². The third-order valence-corrected chi connectivity index (χ3v) is 5.92. The van der Waals surface area contributed by atoms with E-state index < -0.39 is 21.5 Å². The zero-order valence-electron chi connectivity index (χ0n) is 10.9. The molecule has 1 atom stereocenters. The Hall–Kier alpha value is -1.05. The predicted octanol–water partition coefficient (Wildman–Crippen LogP) is 1.11. The van der Waals surface area contributed by atoms with Gasteiger partial charge >= 0.3 is 5.97 Å². The average Bonchev–Trinajstić information content (AvgIpc) is 2.87. The minimum absolute atomic E-state index is 0.100. The maximum atomic E-state index is 12.1. The SMILES string of the molecule is O=C(O)C1(NS(=O)(=O)CCc2ccccc2)CCSC1. The van der Waals surface area contributed by atoms with Gasteiger partial charge in [0.15, 0.2) is 0 Å². The summed E-state index contributed by atoms with van der Waals surface area (Å²) in [4.78, 5) is 11.3. The molecular formula is C13H17NO4S2. The van der Waals surface area contributed by atoms with Gasteiger partial charge in [0.25, 0.3) is 0 Å². The maximum Gasteiger partial charge on any atom is 0.325 e. The summed E-state index contributed by atoms with van der Waals surface area (Å²) in [6, 6.07) is 9.27. The minimum atomic E-state index is -3.61. The van der Waals surface area contributed by atoms with Crippen molar-refractivity contribution >= 4 is 27.8 Å². The number of carbonyl (C=O) groups is 1. The quantitative estimate of drug-likeness (QED) is 0.821. The fourth-order valence-electron chi connectivity index (χ4n) is 2.10. The van der Waals surface area contributed by atoms with Crippen molar-refractivity contribution in [1.82, 2.24) is 4.72 Å². The Kier molecular flexibility index (Phi) is 4.72. The Balaban J connectivity index is 2.02. The first-order valence-corrected chi connectivity index (χ1v) is 9.11. The van der Waals surface area contributed by atoms with Gasteiger partial charge in [0.2, 0.25) is 10.0 Å². The van der Waals surface area contributed by atoms with E-state index in [1.54, 1.807) is 0 Å². The Morgan fingerprint density at radius 1 is 1.35 bits per heavy atom. The Morgan fingerprint density at radius 3 is 2.60 bits per heavy atom. The molecule has 5 nitrogen and oxygen atoms in total. The molecule has 2 rings (SSSR count). The summed E-state index contributed by atoms with van der Waals surface area (Å²) < 4.78 is 26.6. The highest BCUT2D eigenvalue weighted by Crippen LogP contribution is 2.29. The van der Waals surface area contributed by atoms with Crippen LogP contribution >= 0.6 is 11.8 Å². The van der Waals surface area contributed by atoms with Gasteiger partial charge in [-0.1, -0.05) is 30.3 Å². The summed E-state index contributed by atoms with van der Waals surface area (Å²) >= 11 is 1.46. The van der Waals surface area contributed by atoms with Gasteiger partial charge in [-0.15, -0.1) is 0 Å². The molecule has 1 heterocycles. The van der Waals surface area contributed by atoms with Crippen molar-refractivity contribution in [1.29, 1.82) is 0 Å². The number of sulfonamides is 1. The number of aliphatic carboxylic acids is 1. The third kappa shape index (κ3) is 3.74. The molecule has 2 N–H and O–H groups in total. The lowest BCUT2D eigenvalue weighted by molar-refractivity contribution is -0.142. The van der Waals surface area contributed by atoms with E-state index in [0.29, 0.717) is 18.6 Å². The number of carboxylic acids is 1. The number of rotatable bonds is 6. The molecular weight excluding hydrogens is 298 g/mol. The van der Waals surface area contributed by atoms with E-state index in [-0.39, 0.29) is 11.5 Å². The second kappa shape index (κ2) is 6.15. The molecule has 1 unspecified atom stereocenters. The van der Waals surface area contributed by atoms with Crippen LogP contribution in [0.1, 0.15) is 12.0 Å². The highest BCUT2D eigenvalue weighted by Gasteiger charge is 2.44. The van der Waals surface area contributed by atoms with Crippen LogP contribution in [0.15, 0.2) is 30.3 Å². The molecule has 1 aliphatic heterocycles. The van der Waals surface area contributed by atoms with E-state index in [1.807, 2.05) is 30.3 Å². The highest BCUT2D eigenvalue weighted by molar-refractivity contribution is 7.99. The Bertz CT molecular complexity index is 565. The van der Waals surface area contributed by atoms with Crippen LogP contribution in [0.4, 0.5) is 0 Å². The first kappa shape index (κ1) is 15.3. The number of hydrogen-bond donors (Lipinski definition) is 2. The summed E-state index contributed by atoms with van der Waals surface area (Å²) in [7, 11) is -3.61. The van der Waals surface area contributed by atoms with E-state index in [0.717, 1.165) is 5.56 Å². The van der Waals surface area contributed by atoms with Crippen molar-refractivity contribution < 1.29 is 18.3 Å². The van der Waals surface area contributed by atoms with Crippen molar-refractivity contribution in [3.63, 3.8) is 0 Å².